The zero-order valence-corrected chi connectivity index (χ0v) is 18.0. The van der Waals surface area contributed by atoms with Gasteiger partial charge in [0.2, 0.25) is 0 Å². The van der Waals surface area contributed by atoms with E-state index in [-0.39, 0.29) is 12.6 Å². The van der Waals surface area contributed by atoms with Crippen molar-refractivity contribution in [3.63, 3.8) is 0 Å². The van der Waals surface area contributed by atoms with Crippen molar-refractivity contribution in [2.75, 3.05) is 26.4 Å². The fourth-order valence-corrected chi connectivity index (χ4v) is 3.57. The van der Waals surface area contributed by atoms with Gasteiger partial charge in [0.1, 0.15) is 15.6 Å². The van der Waals surface area contributed by atoms with Crippen LogP contribution in [-0.4, -0.2) is 47.5 Å². The second kappa shape index (κ2) is 10.5. The van der Waals surface area contributed by atoms with Crippen LogP contribution in [0.1, 0.15) is 59.8 Å². The second-order valence-electron chi connectivity index (χ2n) is 7.59. The minimum atomic E-state index is -0.510. The van der Waals surface area contributed by atoms with Gasteiger partial charge < -0.3 is 19.5 Å². The van der Waals surface area contributed by atoms with Gasteiger partial charge in [0.25, 0.3) is 0 Å². The molecule has 1 aliphatic carbocycles. The van der Waals surface area contributed by atoms with Crippen LogP contribution in [0.5, 0.6) is 0 Å². The van der Waals surface area contributed by atoms with Gasteiger partial charge in [-0.1, -0.05) is 41.9 Å². The van der Waals surface area contributed by atoms with E-state index >= 15 is 0 Å². The summed E-state index contributed by atoms with van der Waals surface area (Å²) in [5.41, 5.74) is -0.510. The largest absolute Gasteiger partial charge is 0.462 e. The molecule has 1 atom stereocenters. The molecule has 1 unspecified atom stereocenters. The molecule has 7 heteroatoms. The molecule has 0 saturated heterocycles. The Balaban J connectivity index is 2.10. The SMILES string of the molecule is CC(C)(C)OC(=O)NCCOCCOC(=O)C(C)(I)C1CCCCC1. The van der Waals surface area contributed by atoms with Crippen LogP contribution in [0.3, 0.4) is 0 Å². The Hall–Kier alpha value is -0.570. The molecule has 1 amide bonds. The normalized spacial score (nSPS) is 18.3. The molecular weight excluding hydrogens is 437 g/mol. The lowest BCUT2D eigenvalue weighted by molar-refractivity contribution is -0.148. The molecule has 0 bridgehead atoms. The van der Waals surface area contributed by atoms with E-state index in [2.05, 4.69) is 27.9 Å². The van der Waals surface area contributed by atoms with E-state index < -0.39 is 15.1 Å². The quantitative estimate of drug-likeness (QED) is 0.253. The minimum Gasteiger partial charge on any atom is -0.462 e. The number of hydrogen-bond donors (Lipinski definition) is 1. The molecule has 1 saturated carbocycles. The molecule has 1 fully saturated rings. The summed E-state index contributed by atoms with van der Waals surface area (Å²) in [6, 6.07) is 0. The lowest BCUT2D eigenvalue weighted by atomic mass is 9.81. The van der Waals surface area contributed by atoms with E-state index in [1.807, 2.05) is 27.7 Å². The molecule has 6 nitrogen and oxygen atoms in total. The molecule has 0 heterocycles. The van der Waals surface area contributed by atoms with Crippen molar-refractivity contribution in [3.8, 4) is 0 Å². The topological polar surface area (TPSA) is 73.9 Å². The second-order valence-corrected chi connectivity index (χ2v) is 9.83. The first-order valence-electron chi connectivity index (χ1n) is 9.03. The molecule has 1 N–H and O–H groups in total. The third-order valence-corrected chi connectivity index (χ3v) is 5.47. The molecule has 0 radical (unpaired) electrons. The van der Waals surface area contributed by atoms with Crippen molar-refractivity contribution in [2.45, 2.75) is 68.8 Å². The standard InChI is InChI=1S/C18H32INO5/c1-17(2,3)25-16(22)20-10-11-23-12-13-24-15(21)18(4,19)14-8-6-5-7-9-14/h14H,5-13H2,1-4H3,(H,20,22). The molecule has 1 rings (SSSR count). The van der Waals surface area contributed by atoms with Gasteiger partial charge in [-0.25, -0.2) is 4.79 Å². The van der Waals surface area contributed by atoms with Gasteiger partial charge in [-0.05, 0) is 46.5 Å². The van der Waals surface area contributed by atoms with Crippen LogP contribution in [0.25, 0.3) is 0 Å². The van der Waals surface area contributed by atoms with Gasteiger partial charge in [-0.15, -0.1) is 0 Å². The van der Waals surface area contributed by atoms with Gasteiger partial charge in [0.15, 0.2) is 0 Å². The predicted molar refractivity (Wildman–Crippen MR) is 105 cm³/mol. The number of rotatable bonds is 8. The number of esters is 1. The van der Waals surface area contributed by atoms with Crippen LogP contribution < -0.4 is 5.32 Å². The maximum absolute atomic E-state index is 12.3. The van der Waals surface area contributed by atoms with Gasteiger partial charge in [-0.2, -0.15) is 0 Å². The van der Waals surface area contributed by atoms with Crippen LogP contribution in [0.15, 0.2) is 0 Å². The number of amides is 1. The molecule has 0 aromatic carbocycles. The summed E-state index contributed by atoms with van der Waals surface area (Å²) in [6.45, 7) is 8.66. The molecular formula is C18H32INO5. The van der Waals surface area contributed by atoms with Crippen molar-refractivity contribution < 1.29 is 23.8 Å². The summed E-state index contributed by atoms with van der Waals surface area (Å²) in [6.07, 6.45) is 5.40. The summed E-state index contributed by atoms with van der Waals surface area (Å²) in [5, 5.41) is 2.61. The molecule has 0 aromatic rings. The number of nitrogens with one attached hydrogen (secondary N) is 1. The molecule has 0 aromatic heterocycles. The average Bonchev–Trinajstić information content (AvgIpc) is 2.52. The Kier molecular flexibility index (Phi) is 9.48. The lowest BCUT2D eigenvalue weighted by Crippen LogP contribution is -2.40. The van der Waals surface area contributed by atoms with Crippen LogP contribution >= 0.6 is 22.6 Å². The van der Waals surface area contributed by atoms with Crippen LogP contribution in [0, 0.1) is 5.92 Å². The molecule has 25 heavy (non-hydrogen) atoms. The number of carbonyl (C=O) groups excluding carboxylic acids is 2. The Labute approximate surface area is 164 Å². The summed E-state index contributed by atoms with van der Waals surface area (Å²) >= 11 is 2.24. The molecule has 0 aliphatic heterocycles. The molecule has 146 valence electrons. The highest BCUT2D eigenvalue weighted by molar-refractivity contribution is 14.1. The maximum Gasteiger partial charge on any atom is 0.407 e. The highest BCUT2D eigenvalue weighted by Crippen LogP contribution is 2.39. The van der Waals surface area contributed by atoms with Crippen LogP contribution in [0.2, 0.25) is 0 Å². The third-order valence-electron chi connectivity index (χ3n) is 4.15. The first-order chi connectivity index (χ1) is 11.6. The fraction of sp³-hybridized carbons (Fsp3) is 0.889. The number of carbonyl (C=O) groups is 2. The van der Waals surface area contributed by atoms with Crippen LogP contribution in [-0.2, 0) is 19.0 Å². The predicted octanol–water partition coefficient (Wildman–Crippen LogP) is 3.84. The van der Waals surface area contributed by atoms with E-state index in [4.69, 9.17) is 14.2 Å². The zero-order chi connectivity index (χ0) is 18.9. The van der Waals surface area contributed by atoms with Gasteiger partial charge in [-0.3, -0.25) is 4.79 Å². The highest BCUT2D eigenvalue weighted by atomic mass is 127. The van der Waals surface area contributed by atoms with E-state index in [9.17, 15) is 9.59 Å². The lowest BCUT2D eigenvalue weighted by Gasteiger charge is -2.33. The van der Waals surface area contributed by atoms with Gasteiger partial charge in [0.05, 0.1) is 13.2 Å². The molecule has 1 aliphatic rings. The first-order valence-corrected chi connectivity index (χ1v) is 10.1. The number of alkyl carbamates (subject to hydrolysis) is 1. The highest BCUT2D eigenvalue weighted by Gasteiger charge is 2.40. The Bertz CT molecular complexity index is 428. The van der Waals surface area contributed by atoms with Crippen molar-refractivity contribution in [3.05, 3.63) is 0 Å². The Morgan fingerprint density at radius 2 is 1.68 bits per heavy atom. The summed E-state index contributed by atoms with van der Waals surface area (Å²) in [5.74, 6) is 0.240. The fourth-order valence-electron chi connectivity index (χ4n) is 2.79. The first kappa shape index (κ1) is 22.5. The third kappa shape index (κ3) is 9.08. The maximum atomic E-state index is 12.3. The molecule has 0 spiro atoms. The monoisotopic (exact) mass is 469 g/mol. The van der Waals surface area contributed by atoms with E-state index in [0.717, 1.165) is 12.8 Å². The number of hydrogen-bond acceptors (Lipinski definition) is 5. The van der Waals surface area contributed by atoms with E-state index in [1.54, 1.807) is 0 Å². The number of halogens is 1. The van der Waals surface area contributed by atoms with Crippen molar-refractivity contribution >= 4 is 34.7 Å². The Morgan fingerprint density at radius 1 is 1.04 bits per heavy atom. The number of ether oxygens (including phenoxy) is 3. The summed E-state index contributed by atoms with van der Waals surface area (Å²) in [4.78, 5) is 23.8. The zero-order valence-electron chi connectivity index (χ0n) is 15.9. The van der Waals surface area contributed by atoms with Gasteiger partial charge in [0, 0.05) is 6.54 Å². The smallest absolute Gasteiger partial charge is 0.407 e. The van der Waals surface area contributed by atoms with Crippen molar-refractivity contribution in [1.29, 1.82) is 0 Å². The van der Waals surface area contributed by atoms with E-state index in [0.29, 0.717) is 25.7 Å². The average molecular weight is 469 g/mol. The minimum absolute atomic E-state index is 0.157. The van der Waals surface area contributed by atoms with Crippen molar-refractivity contribution in [2.24, 2.45) is 5.92 Å². The van der Waals surface area contributed by atoms with Crippen LogP contribution in [0.4, 0.5) is 4.79 Å². The summed E-state index contributed by atoms with van der Waals surface area (Å²) in [7, 11) is 0. The number of alkyl halides is 1. The van der Waals surface area contributed by atoms with Gasteiger partial charge >= 0.3 is 12.1 Å². The Morgan fingerprint density at radius 3 is 2.28 bits per heavy atom. The van der Waals surface area contributed by atoms with E-state index in [1.165, 1.54) is 19.3 Å². The van der Waals surface area contributed by atoms with Crippen molar-refractivity contribution in [1.82, 2.24) is 5.32 Å². The summed E-state index contributed by atoms with van der Waals surface area (Å²) < 4.78 is 15.4.